The molecule has 1 aromatic carbocycles. The molecule has 1 aliphatic rings. The van der Waals surface area contributed by atoms with Gasteiger partial charge in [0.05, 0.1) is 12.0 Å². The van der Waals surface area contributed by atoms with Gasteiger partial charge in [-0.1, -0.05) is 30.5 Å². The van der Waals surface area contributed by atoms with Crippen LogP contribution in [0.4, 0.5) is 0 Å². The van der Waals surface area contributed by atoms with Crippen molar-refractivity contribution in [3.05, 3.63) is 29.8 Å². The summed E-state index contributed by atoms with van der Waals surface area (Å²) < 4.78 is 5.51. The van der Waals surface area contributed by atoms with Gasteiger partial charge in [0.15, 0.2) is 0 Å². The van der Waals surface area contributed by atoms with E-state index in [0.717, 1.165) is 30.6 Å². The lowest BCUT2D eigenvalue weighted by Gasteiger charge is -2.17. The molecule has 1 aromatic rings. The first-order valence-corrected chi connectivity index (χ1v) is 6.62. The van der Waals surface area contributed by atoms with E-state index in [4.69, 9.17) is 16.4 Å². The summed E-state index contributed by atoms with van der Waals surface area (Å²) in [4.78, 5) is 0. The lowest BCUT2D eigenvalue weighted by Crippen LogP contribution is -2.31. The third-order valence-electron chi connectivity index (χ3n) is 3.52. The van der Waals surface area contributed by atoms with Gasteiger partial charge in [-0.25, -0.2) is 0 Å². The number of hydrogen-bond acceptors (Lipinski definition) is 3. The molecule has 19 heavy (non-hydrogen) atoms. The van der Waals surface area contributed by atoms with Crippen molar-refractivity contribution in [1.29, 1.82) is 5.26 Å². The second-order valence-corrected chi connectivity index (χ2v) is 4.75. The van der Waals surface area contributed by atoms with E-state index >= 15 is 0 Å². The van der Waals surface area contributed by atoms with Crippen molar-refractivity contribution in [2.24, 2.45) is 5.92 Å². The Kier molecular flexibility index (Phi) is 4.84. The van der Waals surface area contributed by atoms with Crippen molar-refractivity contribution in [3.8, 4) is 24.2 Å². The molecule has 2 rings (SSSR count). The summed E-state index contributed by atoms with van der Waals surface area (Å²) in [6.45, 7) is 0.991. The lowest BCUT2D eigenvalue weighted by atomic mass is 10.1. The second-order valence-electron chi connectivity index (χ2n) is 4.75. The Morgan fingerprint density at radius 1 is 1.37 bits per heavy atom. The smallest absolute Gasteiger partial charge is 0.148 e. The molecular weight excluding hydrogens is 236 g/mol. The molecule has 2 atom stereocenters. The fourth-order valence-electron chi connectivity index (χ4n) is 2.51. The van der Waals surface area contributed by atoms with Gasteiger partial charge in [-0.2, -0.15) is 5.26 Å². The van der Waals surface area contributed by atoms with E-state index in [-0.39, 0.29) is 12.5 Å². The summed E-state index contributed by atoms with van der Waals surface area (Å²) in [5.74, 6) is 3.43. The van der Waals surface area contributed by atoms with Crippen LogP contribution in [0, 0.1) is 29.6 Å². The minimum atomic E-state index is 0.138. The van der Waals surface area contributed by atoms with E-state index in [1.54, 1.807) is 0 Å². The van der Waals surface area contributed by atoms with Crippen LogP contribution in [-0.4, -0.2) is 12.6 Å². The van der Waals surface area contributed by atoms with Crippen molar-refractivity contribution in [3.63, 3.8) is 0 Å². The number of hydrogen-bond donors (Lipinski definition) is 1. The molecule has 1 fully saturated rings. The Bertz CT molecular complexity index is 498. The lowest BCUT2D eigenvalue weighted by molar-refractivity contribution is 0.362. The van der Waals surface area contributed by atoms with Gasteiger partial charge in [0.1, 0.15) is 12.4 Å². The van der Waals surface area contributed by atoms with Crippen molar-refractivity contribution in [2.75, 3.05) is 6.61 Å². The Morgan fingerprint density at radius 2 is 2.21 bits per heavy atom. The molecule has 0 bridgehead atoms. The van der Waals surface area contributed by atoms with Gasteiger partial charge >= 0.3 is 0 Å². The summed E-state index contributed by atoms with van der Waals surface area (Å²) in [7, 11) is 0. The number of benzene rings is 1. The molecule has 0 aliphatic heterocycles. The molecule has 98 valence electrons. The molecular formula is C16H18N2O. The number of nitrogens with zero attached hydrogens (tertiary/aromatic N) is 1. The Hall–Kier alpha value is -1.97. The Labute approximate surface area is 114 Å². The van der Waals surface area contributed by atoms with Gasteiger partial charge < -0.3 is 10.1 Å². The first kappa shape index (κ1) is 13.5. The van der Waals surface area contributed by atoms with Crippen molar-refractivity contribution in [1.82, 2.24) is 5.32 Å². The highest BCUT2D eigenvalue weighted by Crippen LogP contribution is 2.26. The maximum absolute atomic E-state index is 9.07. The highest BCUT2D eigenvalue weighted by atomic mass is 16.5. The van der Waals surface area contributed by atoms with Gasteiger partial charge in [0.2, 0.25) is 0 Å². The number of nitriles is 1. The van der Waals surface area contributed by atoms with Crippen LogP contribution < -0.4 is 10.1 Å². The molecule has 3 heteroatoms. The first-order chi connectivity index (χ1) is 9.35. The first-order valence-electron chi connectivity index (χ1n) is 6.62. The third kappa shape index (κ3) is 3.50. The van der Waals surface area contributed by atoms with Crippen LogP contribution in [0.1, 0.15) is 24.8 Å². The SMILES string of the molecule is C#CCOc1ccccc1CNC1CCCC1C#N. The van der Waals surface area contributed by atoms with Crippen LogP contribution in [0.2, 0.25) is 0 Å². The van der Waals surface area contributed by atoms with Crippen molar-refractivity contribution < 1.29 is 4.74 Å². The molecule has 0 heterocycles. The molecule has 0 radical (unpaired) electrons. The van der Waals surface area contributed by atoms with Gasteiger partial charge in [-0.3, -0.25) is 0 Å². The Morgan fingerprint density at radius 3 is 3.00 bits per heavy atom. The summed E-state index contributed by atoms with van der Waals surface area (Å²) in [5.41, 5.74) is 1.08. The topological polar surface area (TPSA) is 45.0 Å². The number of rotatable bonds is 5. The maximum Gasteiger partial charge on any atom is 0.148 e. The normalized spacial score (nSPS) is 21.6. The molecule has 0 spiro atoms. The second kappa shape index (κ2) is 6.83. The van der Waals surface area contributed by atoms with E-state index in [0.29, 0.717) is 12.6 Å². The molecule has 0 saturated heterocycles. The Balaban J connectivity index is 1.96. The average molecular weight is 254 g/mol. The zero-order valence-electron chi connectivity index (χ0n) is 10.9. The van der Waals surface area contributed by atoms with Crippen LogP contribution in [0.15, 0.2) is 24.3 Å². The van der Waals surface area contributed by atoms with Crippen LogP contribution in [-0.2, 0) is 6.54 Å². The van der Waals surface area contributed by atoms with Crippen LogP contribution >= 0.6 is 0 Å². The van der Waals surface area contributed by atoms with Crippen molar-refractivity contribution in [2.45, 2.75) is 31.8 Å². The molecule has 1 aliphatic carbocycles. The summed E-state index contributed by atoms with van der Waals surface area (Å²) >= 11 is 0. The quantitative estimate of drug-likeness (QED) is 0.821. The standard InChI is InChI=1S/C16H18N2O/c1-2-10-19-16-9-4-3-6-14(16)12-18-15-8-5-7-13(15)11-17/h1,3-4,6,9,13,15,18H,5,7-8,10,12H2. The van der Waals surface area contributed by atoms with Crippen LogP contribution in [0.5, 0.6) is 5.75 Å². The number of para-hydroxylation sites is 1. The predicted molar refractivity (Wildman–Crippen MR) is 74.4 cm³/mol. The fourth-order valence-corrected chi connectivity index (χ4v) is 2.51. The fraction of sp³-hybridized carbons (Fsp3) is 0.438. The van der Waals surface area contributed by atoms with E-state index in [2.05, 4.69) is 17.3 Å². The number of nitrogens with one attached hydrogen (secondary N) is 1. The van der Waals surface area contributed by atoms with E-state index < -0.39 is 0 Å². The molecule has 0 aromatic heterocycles. The third-order valence-corrected chi connectivity index (χ3v) is 3.52. The summed E-state index contributed by atoms with van der Waals surface area (Å²) in [6, 6.07) is 10.5. The van der Waals surface area contributed by atoms with Gasteiger partial charge in [0, 0.05) is 18.2 Å². The van der Waals surface area contributed by atoms with Gasteiger partial charge in [-0.05, 0) is 18.9 Å². The minimum Gasteiger partial charge on any atom is -0.481 e. The highest BCUT2D eigenvalue weighted by molar-refractivity contribution is 5.33. The van der Waals surface area contributed by atoms with E-state index in [1.165, 1.54) is 0 Å². The molecule has 1 saturated carbocycles. The zero-order chi connectivity index (χ0) is 13.5. The monoisotopic (exact) mass is 254 g/mol. The van der Waals surface area contributed by atoms with Crippen molar-refractivity contribution >= 4 is 0 Å². The van der Waals surface area contributed by atoms with Gasteiger partial charge in [-0.15, -0.1) is 6.42 Å². The minimum absolute atomic E-state index is 0.138. The van der Waals surface area contributed by atoms with E-state index in [1.807, 2.05) is 24.3 Å². The molecule has 3 nitrogen and oxygen atoms in total. The maximum atomic E-state index is 9.07. The highest BCUT2D eigenvalue weighted by Gasteiger charge is 2.26. The molecule has 1 N–H and O–H groups in total. The van der Waals surface area contributed by atoms with Crippen LogP contribution in [0.25, 0.3) is 0 Å². The number of ether oxygens (including phenoxy) is 1. The van der Waals surface area contributed by atoms with Crippen LogP contribution in [0.3, 0.4) is 0 Å². The largest absolute Gasteiger partial charge is 0.481 e. The summed E-state index contributed by atoms with van der Waals surface area (Å²) in [5, 5.41) is 12.5. The zero-order valence-corrected chi connectivity index (χ0v) is 10.9. The predicted octanol–water partition coefficient (Wildman–Crippen LogP) is 2.48. The molecule has 2 unspecified atom stereocenters. The van der Waals surface area contributed by atoms with E-state index in [9.17, 15) is 0 Å². The average Bonchev–Trinajstić information content (AvgIpc) is 2.91. The number of terminal acetylenes is 1. The van der Waals surface area contributed by atoms with Gasteiger partial charge in [0.25, 0.3) is 0 Å². The molecule has 0 amide bonds. The summed E-state index contributed by atoms with van der Waals surface area (Å²) in [6.07, 6.45) is 8.42.